The maximum Gasteiger partial charge on any atom is 0.307 e. The highest BCUT2D eigenvalue weighted by Crippen LogP contribution is 2.18. The average Bonchev–Trinajstić information content (AvgIpc) is 2.62. The molecule has 144 valence electrons. The van der Waals surface area contributed by atoms with Crippen molar-refractivity contribution < 1.29 is 14.3 Å². The number of rotatable bonds is 7. The van der Waals surface area contributed by atoms with Gasteiger partial charge in [0.25, 0.3) is 0 Å². The lowest BCUT2D eigenvalue weighted by Gasteiger charge is -2.34. The van der Waals surface area contributed by atoms with E-state index in [2.05, 4.69) is 15.2 Å². The number of hydrogen-bond acceptors (Lipinski definition) is 4. The maximum absolute atomic E-state index is 11.6. The molecule has 6 nitrogen and oxygen atoms in total. The smallest absolute Gasteiger partial charge is 0.307 e. The molecule has 1 fully saturated rings. The molecule has 0 aromatic heterocycles. The topological polar surface area (TPSA) is 63.2 Å². The van der Waals surface area contributed by atoms with Gasteiger partial charge in [0.15, 0.2) is 5.96 Å². The summed E-state index contributed by atoms with van der Waals surface area (Å²) in [5, 5.41) is 3.31. The van der Waals surface area contributed by atoms with Gasteiger partial charge < -0.3 is 19.7 Å². The van der Waals surface area contributed by atoms with Crippen LogP contribution in [0, 0.1) is 0 Å². The molecule has 0 bridgehead atoms. The Labute approximate surface area is 156 Å². The van der Waals surface area contributed by atoms with Crippen molar-refractivity contribution in [2.24, 2.45) is 4.99 Å². The van der Waals surface area contributed by atoms with Gasteiger partial charge >= 0.3 is 5.97 Å². The third kappa shape index (κ3) is 6.94. The van der Waals surface area contributed by atoms with Crippen LogP contribution in [0.4, 0.5) is 0 Å². The quantitative estimate of drug-likeness (QED) is 0.460. The van der Waals surface area contributed by atoms with Crippen LogP contribution in [0.25, 0.3) is 0 Å². The number of carbonyl (C=O) groups excluding carboxylic acids is 1. The van der Waals surface area contributed by atoms with Crippen molar-refractivity contribution in [1.82, 2.24) is 10.2 Å². The Morgan fingerprint density at radius 3 is 2.58 bits per heavy atom. The molecule has 1 aliphatic heterocycles. The molecule has 0 saturated carbocycles. The van der Waals surface area contributed by atoms with E-state index in [0.717, 1.165) is 44.2 Å². The summed E-state index contributed by atoms with van der Waals surface area (Å²) < 4.78 is 11.2. The van der Waals surface area contributed by atoms with Crippen LogP contribution in [-0.4, -0.2) is 55.2 Å². The molecule has 1 aliphatic rings. The Hall–Kier alpha value is -2.24. The zero-order valence-corrected chi connectivity index (χ0v) is 16.1. The molecule has 1 aromatic carbocycles. The number of nitrogens with zero attached hydrogens (tertiary/aromatic N) is 2. The third-order valence-corrected chi connectivity index (χ3v) is 4.07. The third-order valence-electron chi connectivity index (χ3n) is 4.07. The SMILES string of the molecule is CCNC(=NCCC(=O)OC(C)C)N1CCC(Oc2ccccc2)CC1. The zero-order chi connectivity index (χ0) is 18.8. The summed E-state index contributed by atoms with van der Waals surface area (Å²) in [6.07, 6.45) is 2.37. The highest BCUT2D eigenvalue weighted by Gasteiger charge is 2.22. The highest BCUT2D eigenvalue weighted by atomic mass is 16.5. The summed E-state index contributed by atoms with van der Waals surface area (Å²) >= 11 is 0. The predicted molar refractivity (Wildman–Crippen MR) is 103 cm³/mol. The Bertz CT molecular complexity index is 567. The molecule has 0 atom stereocenters. The number of guanidine groups is 1. The van der Waals surface area contributed by atoms with Crippen molar-refractivity contribution in [1.29, 1.82) is 0 Å². The van der Waals surface area contributed by atoms with Gasteiger partial charge in [-0.3, -0.25) is 9.79 Å². The van der Waals surface area contributed by atoms with Gasteiger partial charge in [-0.2, -0.15) is 0 Å². The van der Waals surface area contributed by atoms with E-state index in [4.69, 9.17) is 9.47 Å². The summed E-state index contributed by atoms with van der Waals surface area (Å²) in [7, 11) is 0. The first-order chi connectivity index (χ1) is 12.6. The monoisotopic (exact) mass is 361 g/mol. The van der Waals surface area contributed by atoms with E-state index < -0.39 is 0 Å². The first kappa shape index (κ1) is 20.1. The second-order valence-corrected chi connectivity index (χ2v) is 6.64. The van der Waals surface area contributed by atoms with E-state index in [0.29, 0.717) is 13.0 Å². The van der Waals surface area contributed by atoms with Gasteiger partial charge in [-0.05, 0) is 32.9 Å². The number of aliphatic imine (C=N–C) groups is 1. The number of piperidine rings is 1. The van der Waals surface area contributed by atoms with Crippen LogP contribution < -0.4 is 10.1 Å². The molecule has 1 heterocycles. The van der Waals surface area contributed by atoms with Gasteiger partial charge in [-0.25, -0.2) is 0 Å². The predicted octanol–water partition coefficient (Wildman–Crippen LogP) is 2.84. The molecule has 1 saturated heterocycles. The highest BCUT2D eigenvalue weighted by molar-refractivity contribution is 5.80. The lowest BCUT2D eigenvalue weighted by molar-refractivity contribution is -0.147. The number of carbonyl (C=O) groups is 1. The van der Waals surface area contributed by atoms with Crippen molar-refractivity contribution in [3.63, 3.8) is 0 Å². The van der Waals surface area contributed by atoms with Crippen LogP contribution in [0.15, 0.2) is 35.3 Å². The van der Waals surface area contributed by atoms with Crippen molar-refractivity contribution >= 4 is 11.9 Å². The van der Waals surface area contributed by atoms with E-state index in [9.17, 15) is 4.79 Å². The lowest BCUT2D eigenvalue weighted by atomic mass is 10.1. The fraction of sp³-hybridized carbons (Fsp3) is 0.600. The summed E-state index contributed by atoms with van der Waals surface area (Å²) in [6, 6.07) is 9.96. The lowest BCUT2D eigenvalue weighted by Crippen LogP contribution is -2.47. The maximum atomic E-state index is 11.6. The van der Waals surface area contributed by atoms with Gasteiger partial charge in [0.05, 0.1) is 19.1 Å². The molecule has 0 amide bonds. The number of esters is 1. The first-order valence-corrected chi connectivity index (χ1v) is 9.53. The van der Waals surface area contributed by atoms with Gasteiger partial charge in [0, 0.05) is 32.5 Å². The van der Waals surface area contributed by atoms with Crippen LogP contribution in [0.3, 0.4) is 0 Å². The van der Waals surface area contributed by atoms with Gasteiger partial charge in [-0.1, -0.05) is 18.2 Å². The Morgan fingerprint density at radius 2 is 1.96 bits per heavy atom. The van der Waals surface area contributed by atoms with Crippen LogP contribution >= 0.6 is 0 Å². The minimum Gasteiger partial charge on any atom is -0.490 e. The number of hydrogen-bond donors (Lipinski definition) is 1. The molecule has 6 heteroatoms. The minimum atomic E-state index is -0.199. The molecule has 0 aliphatic carbocycles. The van der Waals surface area contributed by atoms with E-state index in [-0.39, 0.29) is 18.2 Å². The van der Waals surface area contributed by atoms with Crippen molar-refractivity contribution in [2.75, 3.05) is 26.2 Å². The van der Waals surface area contributed by atoms with Crippen molar-refractivity contribution in [2.45, 2.75) is 52.2 Å². The van der Waals surface area contributed by atoms with Gasteiger partial charge in [0.1, 0.15) is 11.9 Å². The van der Waals surface area contributed by atoms with Gasteiger partial charge in [-0.15, -0.1) is 0 Å². The molecule has 2 rings (SSSR count). The summed E-state index contributed by atoms with van der Waals surface area (Å²) in [6.45, 7) is 8.78. The Balaban J connectivity index is 1.81. The van der Waals surface area contributed by atoms with E-state index >= 15 is 0 Å². The van der Waals surface area contributed by atoms with Crippen LogP contribution in [0.1, 0.15) is 40.0 Å². The molecule has 0 spiro atoms. The number of benzene rings is 1. The summed E-state index contributed by atoms with van der Waals surface area (Å²) in [4.78, 5) is 18.5. The number of likely N-dealkylation sites (tertiary alicyclic amines) is 1. The van der Waals surface area contributed by atoms with E-state index in [1.807, 2.05) is 51.1 Å². The molecule has 26 heavy (non-hydrogen) atoms. The minimum absolute atomic E-state index is 0.0802. The van der Waals surface area contributed by atoms with E-state index in [1.165, 1.54) is 0 Å². The standard InChI is InChI=1S/C20H31N3O3/c1-4-21-20(22-13-10-19(24)25-16(2)3)23-14-11-18(12-15-23)26-17-8-6-5-7-9-17/h5-9,16,18H,4,10-15H2,1-3H3,(H,21,22). The van der Waals surface area contributed by atoms with Crippen LogP contribution in [-0.2, 0) is 9.53 Å². The van der Waals surface area contributed by atoms with Crippen LogP contribution in [0.2, 0.25) is 0 Å². The fourth-order valence-electron chi connectivity index (χ4n) is 2.88. The second-order valence-electron chi connectivity index (χ2n) is 6.64. The molecule has 1 N–H and O–H groups in total. The van der Waals surface area contributed by atoms with Crippen molar-refractivity contribution in [3.05, 3.63) is 30.3 Å². The Kier molecular flexibility index (Phi) is 8.25. The summed E-state index contributed by atoms with van der Waals surface area (Å²) in [5.41, 5.74) is 0. The molecule has 0 radical (unpaired) electrons. The van der Waals surface area contributed by atoms with Crippen molar-refractivity contribution in [3.8, 4) is 5.75 Å². The van der Waals surface area contributed by atoms with Crippen LogP contribution in [0.5, 0.6) is 5.75 Å². The van der Waals surface area contributed by atoms with E-state index in [1.54, 1.807) is 0 Å². The largest absolute Gasteiger partial charge is 0.490 e. The number of ether oxygens (including phenoxy) is 2. The number of nitrogens with one attached hydrogen (secondary N) is 1. The fourth-order valence-corrected chi connectivity index (χ4v) is 2.88. The molecule has 1 aromatic rings. The van der Waals surface area contributed by atoms with Gasteiger partial charge in [0.2, 0.25) is 0 Å². The molecular formula is C20H31N3O3. The zero-order valence-electron chi connectivity index (χ0n) is 16.1. The molecule has 0 unspecified atom stereocenters. The average molecular weight is 361 g/mol. The normalized spacial score (nSPS) is 15.8. The second kappa shape index (κ2) is 10.7. The summed E-state index contributed by atoms with van der Waals surface area (Å²) in [5.74, 6) is 1.59. The molecular weight excluding hydrogens is 330 g/mol. The first-order valence-electron chi connectivity index (χ1n) is 9.53. The Morgan fingerprint density at radius 1 is 1.27 bits per heavy atom. The number of para-hydroxylation sites is 1.